The Hall–Kier alpha value is -0.640. The lowest BCUT2D eigenvalue weighted by Crippen LogP contribution is -2.35. The summed E-state index contributed by atoms with van der Waals surface area (Å²) in [6, 6.07) is 4.03. The monoisotopic (exact) mass is 383 g/mol. The molecule has 1 heterocycles. The fourth-order valence-corrected chi connectivity index (χ4v) is 5.79. The van der Waals surface area contributed by atoms with Crippen molar-refractivity contribution in [2.24, 2.45) is 0 Å². The van der Waals surface area contributed by atoms with Crippen molar-refractivity contribution in [1.82, 2.24) is 4.72 Å². The fourth-order valence-electron chi connectivity index (χ4n) is 2.03. The summed E-state index contributed by atoms with van der Waals surface area (Å²) in [5, 5.41) is 0. The fraction of sp³-hybridized carbons (Fsp3) is 0.455. The quantitative estimate of drug-likeness (QED) is 0.834. The Bertz CT molecular complexity index is 714. The molecule has 0 amide bonds. The lowest BCUT2D eigenvalue weighted by molar-refractivity contribution is 0.402. The van der Waals surface area contributed by atoms with Gasteiger partial charge < -0.3 is 4.74 Å². The summed E-state index contributed by atoms with van der Waals surface area (Å²) in [5.74, 6) is 0.0554. The Morgan fingerprint density at radius 1 is 1.40 bits per heavy atom. The first-order valence-corrected chi connectivity index (χ1v) is 9.89. The molecule has 112 valence electrons. The van der Waals surface area contributed by atoms with E-state index in [0.29, 0.717) is 4.47 Å². The van der Waals surface area contributed by atoms with E-state index < -0.39 is 25.9 Å². The van der Waals surface area contributed by atoms with Crippen molar-refractivity contribution in [3.05, 3.63) is 22.7 Å². The van der Waals surface area contributed by atoms with Crippen LogP contribution in [0.5, 0.6) is 5.75 Å². The Kier molecular flexibility index (Phi) is 4.43. The van der Waals surface area contributed by atoms with Crippen LogP contribution < -0.4 is 9.46 Å². The molecule has 1 aromatic carbocycles. The maximum Gasteiger partial charge on any atom is 0.244 e. The van der Waals surface area contributed by atoms with Crippen LogP contribution in [0.1, 0.15) is 6.42 Å². The molecule has 0 bridgehead atoms. The zero-order valence-corrected chi connectivity index (χ0v) is 13.9. The summed E-state index contributed by atoms with van der Waals surface area (Å²) in [5.41, 5.74) is 0. The minimum atomic E-state index is -3.83. The van der Waals surface area contributed by atoms with Crippen molar-refractivity contribution in [3.8, 4) is 5.75 Å². The average Bonchev–Trinajstić information content (AvgIpc) is 2.68. The van der Waals surface area contributed by atoms with Gasteiger partial charge in [0.15, 0.2) is 9.84 Å². The molecule has 0 aromatic heterocycles. The highest BCUT2D eigenvalue weighted by atomic mass is 79.9. The second kappa shape index (κ2) is 5.63. The zero-order valence-electron chi connectivity index (χ0n) is 10.7. The third-order valence-corrected chi connectivity index (χ3v) is 6.77. The number of sulfonamides is 1. The molecular weight excluding hydrogens is 370 g/mol. The predicted octanol–water partition coefficient (Wildman–Crippen LogP) is 0.923. The Morgan fingerprint density at radius 2 is 2.10 bits per heavy atom. The van der Waals surface area contributed by atoms with Crippen molar-refractivity contribution >= 4 is 35.8 Å². The van der Waals surface area contributed by atoms with E-state index in [4.69, 9.17) is 4.74 Å². The van der Waals surface area contributed by atoms with E-state index in [1.54, 1.807) is 6.07 Å². The number of rotatable bonds is 4. The first kappa shape index (κ1) is 15.7. The molecule has 1 aliphatic rings. The van der Waals surface area contributed by atoms with Gasteiger partial charge in [-0.15, -0.1) is 0 Å². The number of nitrogens with one attached hydrogen (secondary N) is 1. The molecule has 9 heteroatoms. The first-order valence-electron chi connectivity index (χ1n) is 5.80. The molecule has 6 nitrogen and oxygen atoms in total. The number of halogens is 1. The minimum Gasteiger partial charge on any atom is -0.495 e. The molecule has 1 atom stereocenters. The van der Waals surface area contributed by atoms with Crippen LogP contribution >= 0.6 is 15.9 Å². The molecule has 0 saturated carbocycles. The lowest BCUT2D eigenvalue weighted by atomic mass is 10.3. The molecule has 1 N–H and O–H groups in total. The summed E-state index contributed by atoms with van der Waals surface area (Å²) in [6.45, 7) is 0. The number of ether oxygens (including phenoxy) is 1. The van der Waals surface area contributed by atoms with Crippen LogP contribution in [-0.4, -0.2) is 41.5 Å². The van der Waals surface area contributed by atoms with Gasteiger partial charge in [0.2, 0.25) is 10.0 Å². The topological polar surface area (TPSA) is 89.5 Å². The van der Waals surface area contributed by atoms with Crippen LogP contribution in [0.3, 0.4) is 0 Å². The third-order valence-electron chi connectivity index (χ3n) is 2.97. The van der Waals surface area contributed by atoms with E-state index in [1.807, 2.05) is 0 Å². The number of benzene rings is 1. The van der Waals surface area contributed by atoms with Crippen LogP contribution in [0.15, 0.2) is 27.6 Å². The van der Waals surface area contributed by atoms with Gasteiger partial charge in [-0.25, -0.2) is 21.6 Å². The maximum absolute atomic E-state index is 12.3. The average molecular weight is 384 g/mol. The van der Waals surface area contributed by atoms with Crippen molar-refractivity contribution in [2.45, 2.75) is 17.4 Å². The van der Waals surface area contributed by atoms with E-state index in [0.717, 1.165) is 0 Å². The highest BCUT2D eigenvalue weighted by molar-refractivity contribution is 9.10. The molecule has 2 rings (SSSR count). The molecule has 1 aromatic rings. The van der Waals surface area contributed by atoms with Crippen LogP contribution in [-0.2, 0) is 19.9 Å². The second-order valence-corrected chi connectivity index (χ2v) is 9.34. The van der Waals surface area contributed by atoms with E-state index >= 15 is 0 Å². The highest BCUT2D eigenvalue weighted by Crippen LogP contribution is 2.28. The Balaban J connectivity index is 2.29. The molecule has 0 radical (unpaired) electrons. The van der Waals surface area contributed by atoms with Crippen molar-refractivity contribution < 1.29 is 21.6 Å². The normalized spacial score (nSPS) is 21.8. The molecule has 20 heavy (non-hydrogen) atoms. The van der Waals surface area contributed by atoms with Crippen molar-refractivity contribution in [2.75, 3.05) is 18.6 Å². The Labute approximate surface area is 126 Å². The molecule has 1 aliphatic heterocycles. The van der Waals surface area contributed by atoms with Gasteiger partial charge in [0.05, 0.1) is 18.6 Å². The predicted molar refractivity (Wildman–Crippen MR) is 78.1 cm³/mol. The molecule has 1 unspecified atom stereocenters. The summed E-state index contributed by atoms with van der Waals surface area (Å²) in [4.78, 5) is -0.0151. The van der Waals surface area contributed by atoms with Gasteiger partial charge in [0, 0.05) is 10.5 Å². The second-order valence-electron chi connectivity index (χ2n) is 4.52. The highest BCUT2D eigenvalue weighted by Gasteiger charge is 2.32. The number of sulfone groups is 1. The van der Waals surface area contributed by atoms with Gasteiger partial charge in [0.25, 0.3) is 0 Å². The Morgan fingerprint density at radius 3 is 2.65 bits per heavy atom. The zero-order chi connectivity index (χ0) is 15.0. The van der Waals surface area contributed by atoms with E-state index in [1.165, 1.54) is 19.2 Å². The number of hydrogen-bond donors (Lipinski definition) is 1. The smallest absolute Gasteiger partial charge is 0.244 e. The van der Waals surface area contributed by atoms with Crippen molar-refractivity contribution in [3.63, 3.8) is 0 Å². The summed E-state index contributed by atoms with van der Waals surface area (Å²) in [6.07, 6.45) is 0.290. The SMILES string of the molecule is COc1ccc(Br)cc1S(=O)(=O)NC1CCS(=O)(=O)C1. The van der Waals surface area contributed by atoms with Gasteiger partial charge in [-0.3, -0.25) is 0 Å². The lowest BCUT2D eigenvalue weighted by Gasteiger charge is -2.14. The van der Waals surface area contributed by atoms with Crippen LogP contribution in [0.4, 0.5) is 0 Å². The van der Waals surface area contributed by atoms with Gasteiger partial charge in [0.1, 0.15) is 10.6 Å². The largest absolute Gasteiger partial charge is 0.495 e. The number of methoxy groups -OCH3 is 1. The minimum absolute atomic E-state index is 0.00973. The summed E-state index contributed by atoms with van der Waals surface area (Å²) < 4.78 is 55.4. The first-order chi connectivity index (χ1) is 9.23. The number of hydrogen-bond acceptors (Lipinski definition) is 5. The van der Waals surface area contributed by atoms with Gasteiger partial charge in [-0.1, -0.05) is 15.9 Å². The maximum atomic E-state index is 12.3. The van der Waals surface area contributed by atoms with Gasteiger partial charge >= 0.3 is 0 Å². The summed E-state index contributed by atoms with van der Waals surface area (Å²) in [7, 11) is -5.59. The molecule has 1 saturated heterocycles. The third kappa shape index (κ3) is 3.51. The van der Waals surface area contributed by atoms with Crippen LogP contribution in [0, 0.1) is 0 Å². The van der Waals surface area contributed by atoms with E-state index in [2.05, 4.69) is 20.7 Å². The van der Waals surface area contributed by atoms with E-state index in [-0.39, 0.29) is 28.6 Å². The standard InChI is InChI=1S/C11H14BrNO5S2/c1-18-10-3-2-8(12)6-11(10)20(16,17)13-9-4-5-19(14,15)7-9/h2-3,6,9,13H,4-5,7H2,1H3. The van der Waals surface area contributed by atoms with Crippen LogP contribution in [0.2, 0.25) is 0 Å². The van der Waals surface area contributed by atoms with Crippen LogP contribution in [0.25, 0.3) is 0 Å². The molecule has 0 aliphatic carbocycles. The van der Waals surface area contributed by atoms with Gasteiger partial charge in [-0.05, 0) is 24.6 Å². The molecule has 0 spiro atoms. The molecular formula is C11H14BrNO5S2. The van der Waals surface area contributed by atoms with Gasteiger partial charge in [-0.2, -0.15) is 0 Å². The molecule has 1 fully saturated rings. The van der Waals surface area contributed by atoms with E-state index in [9.17, 15) is 16.8 Å². The van der Waals surface area contributed by atoms with Crippen molar-refractivity contribution in [1.29, 1.82) is 0 Å². The summed E-state index contributed by atoms with van der Waals surface area (Å²) >= 11 is 3.21.